The first-order valence-electron chi connectivity index (χ1n) is 6.48. The lowest BCUT2D eigenvalue weighted by molar-refractivity contribution is -0.123. The Hall–Kier alpha value is -1.10. The quantitative estimate of drug-likeness (QED) is 0.829. The van der Waals surface area contributed by atoms with Gasteiger partial charge in [0.2, 0.25) is 0 Å². The number of hydrogen-bond acceptors (Lipinski definition) is 4. The number of carbonyl (C=O) groups is 2. The minimum atomic E-state index is -0.487. The molecule has 1 aliphatic heterocycles. The van der Waals surface area contributed by atoms with Crippen molar-refractivity contribution in [3.63, 3.8) is 0 Å². The molecule has 0 bridgehead atoms. The van der Waals surface area contributed by atoms with Gasteiger partial charge in [-0.1, -0.05) is 0 Å². The summed E-state index contributed by atoms with van der Waals surface area (Å²) in [6.07, 6.45) is 1.41. The van der Waals surface area contributed by atoms with Gasteiger partial charge < -0.3 is 15.0 Å². The molecule has 1 aliphatic rings. The van der Waals surface area contributed by atoms with E-state index < -0.39 is 5.60 Å². The average molecular weight is 256 g/mol. The molecule has 0 aromatic carbocycles. The summed E-state index contributed by atoms with van der Waals surface area (Å²) < 4.78 is 5.33. The Balaban J connectivity index is 2.53. The van der Waals surface area contributed by atoms with E-state index in [-0.39, 0.29) is 17.8 Å². The standard InChI is InChI=1S/C13H24N2O3/c1-13(2,3)18-12(17)15-7-5-6-10(9-15)11(16)8-14-4/h10,14H,5-9H2,1-4H3. The summed E-state index contributed by atoms with van der Waals surface area (Å²) >= 11 is 0. The lowest BCUT2D eigenvalue weighted by Gasteiger charge is -2.33. The highest BCUT2D eigenvalue weighted by Crippen LogP contribution is 2.19. The minimum Gasteiger partial charge on any atom is -0.444 e. The summed E-state index contributed by atoms with van der Waals surface area (Å²) in [6.45, 7) is 7.07. The fourth-order valence-electron chi connectivity index (χ4n) is 2.05. The zero-order valence-electron chi connectivity index (χ0n) is 11.8. The number of Topliss-reactive ketones (excluding diaryl/α,β-unsaturated/α-hetero) is 1. The van der Waals surface area contributed by atoms with E-state index in [1.807, 2.05) is 20.8 Å². The lowest BCUT2D eigenvalue weighted by atomic mass is 9.94. The molecule has 1 amide bonds. The van der Waals surface area contributed by atoms with E-state index in [9.17, 15) is 9.59 Å². The number of rotatable bonds is 3. The first-order chi connectivity index (χ1) is 8.33. The molecule has 1 unspecified atom stereocenters. The van der Waals surface area contributed by atoms with Gasteiger partial charge in [-0.2, -0.15) is 0 Å². The summed E-state index contributed by atoms with van der Waals surface area (Å²) in [5.74, 6) is 0.115. The molecule has 104 valence electrons. The molecule has 0 aliphatic carbocycles. The molecular weight excluding hydrogens is 232 g/mol. The van der Waals surface area contributed by atoms with Crippen molar-refractivity contribution in [3.8, 4) is 0 Å². The number of nitrogens with one attached hydrogen (secondary N) is 1. The van der Waals surface area contributed by atoms with Crippen molar-refractivity contribution < 1.29 is 14.3 Å². The zero-order chi connectivity index (χ0) is 13.8. The Bertz CT molecular complexity index is 310. The molecule has 0 aromatic rings. The van der Waals surface area contributed by atoms with Gasteiger partial charge in [0.25, 0.3) is 0 Å². The molecule has 1 saturated heterocycles. The van der Waals surface area contributed by atoms with Crippen LogP contribution >= 0.6 is 0 Å². The second-order valence-corrected chi connectivity index (χ2v) is 5.76. The van der Waals surface area contributed by atoms with E-state index in [0.29, 0.717) is 19.6 Å². The Kier molecular flexibility index (Phi) is 5.14. The van der Waals surface area contributed by atoms with Crippen molar-refractivity contribution in [3.05, 3.63) is 0 Å². The van der Waals surface area contributed by atoms with E-state index in [4.69, 9.17) is 4.74 Å². The molecule has 0 radical (unpaired) electrons. The van der Waals surface area contributed by atoms with Crippen LogP contribution in [0.1, 0.15) is 33.6 Å². The molecule has 5 heteroatoms. The van der Waals surface area contributed by atoms with E-state index >= 15 is 0 Å². The third-order valence-corrected chi connectivity index (χ3v) is 2.88. The Morgan fingerprint density at radius 2 is 2.06 bits per heavy atom. The second-order valence-electron chi connectivity index (χ2n) is 5.76. The van der Waals surface area contributed by atoms with Gasteiger partial charge in [0.05, 0.1) is 6.54 Å². The molecule has 1 atom stereocenters. The van der Waals surface area contributed by atoms with Crippen LogP contribution in [-0.2, 0) is 9.53 Å². The van der Waals surface area contributed by atoms with Gasteiger partial charge in [-0.3, -0.25) is 4.79 Å². The third-order valence-electron chi connectivity index (χ3n) is 2.88. The monoisotopic (exact) mass is 256 g/mol. The van der Waals surface area contributed by atoms with Crippen molar-refractivity contribution in [2.75, 3.05) is 26.7 Å². The summed E-state index contributed by atoms with van der Waals surface area (Å²) in [5.41, 5.74) is -0.487. The van der Waals surface area contributed by atoms with Crippen molar-refractivity contribution >= 4 is 11.9 Å². The number of nitrogens with zero attached hydrogens (tertiary/aromatic N) is 1. The van der Waals surface area contributed by atoms with E-state index in [0.717, 1.165) is 12.8 Å². The molecule has 0 aromatic heterocycles. The zero-order valence-corrected chi connectivity index (χ0v) is 11.8. The van der Waals surface area contributed by atoms with Crippen LogP contribution < -0.4 is 5.32 Å². The number of carbonyl (C=O) groups excluding carboxylic acids is 2. The topological polar surface area (TPSA) is 58.6 Å². The van der Waals surface area contributed by atoms with Crippen LogP contribution in [0.2, 0.25) is 0 Å². The lowest BCUT2D eigenvalue weighted by Crippen LogP contribution is -2.45. The maximum absolute atomic E-state index is 11.9. The van der Waals surface area contributed by atoms with Crippen LogP contribution in [0.4, 0.5) is 4.79 Å². The largest absolute Gasteiger partial charge is 0.444 e. The molecule has 18 heavy (non-hydrogen) atoms. The van der Waals surface area contributed by atoms with E-state index in [1.165, 1.54) is 0 Å². The van der Waals surface area contributed by atoms with Crippen LogP contribution in [0.25, 0.3) is 0 Å². The normalized spacial score (nSPS) is 20.7. The van der Waals surface area contributed by atoms with Gasteiger partial charge in [0.1, 0.15) is 5.60 Å². The minimum absolute atomic E-state index is 0.0567. The first-order valence-corrected chi connectivity index (χ1v) is 6.48. The Morgan fingerprint density at radius 1 is 1.39 bits per heavy atom. The fraction of sp³-hybridized carbons (Fsp3) is 0.846. The number of likely N-dealkylation sites (N-methyl/N-ethyl adjacent to an activating group) is 1. The number of amides is 1. The summed E-state index contributed by atoms with van der Waals surface area (Å²) in [6, 6.07) is 0. The van der Waals surface area contributed by atoms with Crippen molar-refractivity contribution in [1.29, 1.82) is 0 Å². The highest BCUT2D eigenvalue weighted by molar-refractivity contribution is 5.83. The van der Waals surface area contributed by atoms with Crippen LogP contribution in [0.3, 0.4) is 0 Å². The maximum Gasteiger partial charge on any atom is 0.410 e. The summed E-state index contributed by atoms with van der Waals surface area (Å²) in [7, 11) is 1.76. The highest BCUT2D eigenvalue weighted by atomic mass is 16.6. The predicted octanol–water partition coefficient (Wildman–Crippen LogP) is 1.42. The summed E-state index contributed by atoms with van der Waals surface area (Å²) in [5, 5.41) is 2.86. The Morgan fingerprint density at radius 3 is 2.61 bits per heavy atom. The van der Waals surface area contributed by atoms with Crippen LogP contribution in [-0.4, -0.2) is 49.1 Å². The average Bonchev–Trinajstić information content (AvgIpc) is 2.27. The van der Waals surface area contributed by atoms with Gasteiger partial charge in [-0.15, -0.1) is 0 Å². The van der Waals surface area contributed by atoms with Gasteiger partial charge in [-0.05, 0) is 40.7 Å². The predicted molar refractivity (Wildman–Crippen MR) is 69.5 cm³/mol. The molecule has 1 fully saturated rings. The van der Waals surface area contributed by atoms with Crippen LogP contribution in [0.5, 0.6) is 0 Å². The molecular formula is C13H24N2O3. The number of likely N-dealkylation sites (tertiary alicyclic amines) is 1. The number of ether oxygens (including phenoxy) is 1. The van der Waals surface area contributed by atoms with Crippen LogP contribution in [0, 0.1) is 5.92 Å². The van der Waals surface area contributed by atoms with Crippen molar-refractivity contribution in [1.82, 2.24) is 10.2 Å². The molecule has 1 rings (SSSR count). The fourth-order valence-corrected chi connectivity index (χ4v) is 2.05. The first kappa shape index (κ1) is 15.0. The van der Waals surface area contributed by atoms with Crippen molar-refractivity contribution in [2.45, 2.75) is 39.2 Å². The third kappa shape index (κ3) is 4.64. The van der Waals surface area contributed by atoms with Gasteiger partial charge in [0.15, 0.2) is 5.78 Å². The van der Waals surface area contributed by atoms with Gasteiger partial charge in [0, 0.05) is 19.0 Å². The summed E-state index contributed by atoms with van der Waals surface area (Å²) in [4.78, 5) is 25.4. The van der Waals surface area contributed by atoms with Crippen LogP contribution in [0.15, 0.2) is 0 Å². The SMILES string of the molecule is CNCC(=O)C1CCCN(C(=O)OC(C)(C)C)C1. The molecule has 1 heterocycles. The molecule has 1 N–H and O–H groups in total. The van der Waals surface area contributed by atoms with E-state index in [2.05, 4.69) is 5.32 Å². The van der Waals surface area contributed by atoms with Gasteiger partial charge in [-0.25, -0.2) is 4.79 Å². The highest BCUT2D eigenvalue weighted by Gasteiger charge is 2.30. The van der Waals surface area contributed by atoms with Crippen molar-refractivity contribution in [2.24, 2.45) is 5.92 Å². The second kappa shape index (κ2) is 6.18. The number of piperidine rings is 1. The smallest absolute Gasteiger partial charge is 0.410 e. The molecule has 5 nitrogen and oxygen atoms in total. The Labute approximate surface area is 109 Å². The van der Waals surface area contributed by atoms with Gasteiger partial charge >= 0.3 is 6.09 Å². The molecule has 0 spiro atoms. The number of hydrogen-bond donors (Lipinski definition) is 1. The number of ketones is 1. The maximum atomic E-state index is 11.9. The van der Waals surface area contributed by atoms with E-state index in [1.54, 1.807) is 11.9 Å². The molecule has 0 saturated carbocycles.